The average Bonchev–Trinajstić information content (AvgIpc) is 3.00. The highest BCUT2D eigenvalue weighted by Gasteiger charge is 2.28. The van der Waals surface area contributed by atoms with Gasteiger partial charge in [-0.2, -0.15) is 4.98 Å². The van der Waals surface area contributed by atoms with Crippen LogP contribution in [0.3, 0.4) is 0 Å². The third-order valence-electron chi connectivity index (χ3n) is 4.01. The van der Waals surface area contributed by atoms with Gasteiger partial charge in [0.2, 0.25) is 17.6 Å². The van der Waals surface area contributed by atoms with Gasteiger partial charge in [0.05, 0.1) is 0 Å². The van der Waals surface area contributed by atoms with Crippen molar-refractivity contribution in [3.8, 4) is 11.4 Å². The molecule has 0 radical (unpaired) electrons. The molecule has 0 fully saturated rings. The average molecular weight is 364 g/mol. The normalized spacial score (nSPS) is 14.2. The molecule has 6 heteroatoms. The van der Waals surface area contributed by atoms with Crippen molar-refractivity contribution in [3.05, 3.63) is 35.2 Å². The number of amides is 1. The summed E-state index contributed by atoms with van der Waals surface area (Å²) in [7, 11) is 0. The molecule has 136 valence electrons. The van der Waals surface area contributed by atoms with E-state index in [4.69, 9.17) is 16.1 Å². The fourth-order valence-corrected chi connectivity index (χ4v) is 2.69. The first-order valence-electron chi connectivity index (χ1n) is 8.58. The van der Waals surface area contributed by atoms with Gasteiger partial charge in [-0.05, 0) is 23.5 Å². The molecule has 1 amide bonds. The van der Waals surface area contributed by atoms with Crippen molar-refractivity contribution in [2.24, 2.45) is 11.3 Å². The van der Waals surface area contributed by atoms with Gasteiger partial charge < -0.3 is 9.84 Å². The maximum absolute atomic E-state index is 12.4. The number of benzene rings is 1. The van der Waals surface area contributed by atoms with E-state index in [1.807, 2.05) is 32.9 Å². The van der Waals surface area contributed by atoms with Gasteiger partial charge in [-0.1, -0.05) is 69.9 Å². The molecule has 1 aromatic carbocycles. The smallest absolute Gasteiger partial charge is 0.249 e. The van der Waals surface area contributed by atoms with Crippen LogP contribution in [0.2, 0.25) is 5.02 Å². The lowest BCUT2D eigenvalue weighted by molar-refractivity contribution is -0.124. The Labute approximate surface area is 154 Å². The van der Waals surface area contributed by atoms with Crippen molar-refractivity contribution in [1.29, 1.82) is 0 Å². The predicted octanol–water partition coefficient (Wildman–Crippen LogP) is 5.03. The van der Waals surface area contributed by atoms with E-state index in [-0.39, 0.29) is 23.3 Å². The van der Waals surface area contributed by atoms with Gasteiger partial charge in [0.25, 0.3) is 0 Å². The molecule has 0 bridgehead atoms. The number of nitrogens with one attached hydrogen (secondary N) is 1. The number of carbonyl (C=O) groups excluding carboxylic acids is 1. The van der Waals surface area contributed by atoms with Crippen LogP contribution in [0.15, 0.2) is 28.8 Å². The molecule has 1 N–H and O–H groups in total. The first-order chi connectivity index (χ1) is 11.7. The minimum Gasteiger partial charge on any atom is -0.344 e. The van der Waals surface area contributed by atoms with Crippen LogP contribution in [-0.2, 0) is 4.79 Å². The molecule has 1 heterocycles. The second kappa shape index (κ2) is 8.00. The van der Waals surface area contributed by atoms with Gasteiger partial charge >= 0.3 is 0 Å². The minimum atomic E-state index is -0.305. The van der Waals surface area contributed by atoms with Crippen molar-refractivity contribution in [1.82, 2.24) is 15.5 Å². The Morgan fingerprint density at radius 1 is 1.36 bits per heavy atom. The van der Waals surface area contributed by atoms with E-state index in [1.165, 1.54) is 0 Å². The first-order valence-corrected chi connectivity index (χ1v) is 8.96. The molecule has 0 spiro atoms. The molecular weight excluding hydrogens is 338 g/mol. The van der Waals surface area contributed by atoms with Gasteiger partial charge in [-0.3, -0.25) is 4.79 Å². The maximum atomic E-state index is 12.4. The van der Waals surface area contributed by atoms with Gasteiger partial charge in [0.1, 0.15) is 6.04 Å². The van der Waals surface area contributed by atoms with Crippen LogP contribution in [0.1, 0.15) is 59.4 Å². The largest absolute Gasteiger partial charge is 0.344 e. The second-order valence-electron chi connectivity index (χ2n) is 7.63. The van der Waals surface area contributed by atoms with Crippen molar-refractivity contribution in [2.45, 2.75) is 53.5 Å². The predicted molar refractivity (Wildman–Crippen MR) is 99.2 cm³/mol. The summed E-state index contributed by atoms with van der Waals surface area (Å²) in [6.07, 6.45) is 1.32. The van der Waals surface area contributed by atoms with Crippen LogP contribution < -0.4 is 5.32 Å². The molecule has 0 aliphatic rings. The van der Waals surface area contributed by atoms with Gasteiger partial charge in [0.15, 0.2) is 0 Å². The van der Waals surface area contributed by atoms with Gasteiger partial charge in [-0.15, -0.1) is 0 Å². The lowest BCUT2D eigenvalue weighted by atomic mass is 9.91. The molecule has 2 rings (SSSR count). The Kier molecular flexibility index (Phi) is 6.22. The van der Waals surface area contributed by atoms with Crippen LogP contribution in [0, 0.1) is 11.3 Å². The molecule has 25 heavy (non-hydrogen) atoms. The third kappa shape index (κ3) is 5.56. The van der Waals surface area contributed by atoms with Crippen molar-refractivity contribution in [2.75, 3.05) is 0 Å². The number of hydrogen-bond acceptors (Lipinski definition) is 4. The number of aromatic nitrogens is 2. The fraction of sp³-hybridized carbons (Fsp3) is 0.526. The zero-order valence-corrected chi connectivity index (χ0v) is 16.2. The van der Waals surface area contributed by atoms with Gasteiger partial charge in [-0.25, -0.2) is 0 Å². The molecule has 0 saturated carbocycles. The van der Waals surface area contributed by atoms with E-state index in [0.717, 1.165) is 12.0 Å². The Balaban J connectivity index is 2.23. The zero-order valence-electron chi connectivity index (χ0n) is 15.5. The molecule has 2 aromatic rings. The molecule has 0 aliphatic carbocycles. The molecule has 1 aromatic heterocycles. The third-order valence-corrected chi connectivity index (χ3v) is 4.25. The number of halogens is 1. The highest BCUT2D eigenvalue weighted by atomic mass is 35.5. The van der Waals surface area contributed by atoms with Crippen LogP contribution in [-0.4, -0.2) is 16.0 Å². The summed E-state index contributed by atoms with van der Waals surface area (Å²) in [5.41, 5.74) is 0.705. The van der Waals surface area contributed by atoms with Crippen molar-refractivity contribution < 1.29 is 9.32 Å². The van der Waals surface area contributed by atoms with E-state index in [9.17, 15) is 4.79 Å². The lowest BCUT2D eigenvalue weighted by Gasteiger charge is -2.23. The molecule has 0 saturated heterocycles. The molecule has 0 unspecified atom stereocenters. The number of hydrogen-bond donors (Lipinski definition) is 1. The molecule has 0 aliphatic heterocycles. The number of carbonyl (C=O) groups is 1. The van der Waals surface area contributed by atoms with E-state index < -0.39 is 0 Å². The Morgan fingerprint density at radius 2 is 2.08 bits per heavy atom. The molecule has 5 nitrogen and oxygen atoms in total. The Hall–Kier alpha value is -1.88. The fourth-order valence-electron chi connectivity index (χ4n) is 2.50. The Morgan fingerprint density at radius 3 is 2.68 bits per heavy atom. The SMILES string of the molecule is CC[C@@H](C)[C@H](NC(=O)CC(C)(C)C)c1nc(-c2cccc(Cl)c2)no1. The van der Waals surface area contributed by atoms with Crippen molar-refractivity contribution >= 4 is 17.5 Å². The van der Waals surface area contributed by atoms with E-state index >= 15 is 0 Å². The second-order valence-corrected chi connectivity index (χ2v) is 8.07. The van der Waals surface area contributed by atoms with E-state index in [0.29, 0.717) is 23.2 Å². The monoisotopic (exact) mass is 363 g/mol. The highest BCUT2D eigenvalue weighted by Crippen LogP contribution is 2.27. The quantitative estimate of drug-likeness (QED) is 0.781. The number of nitrogens with zero attached hydrogens (tertiary/aromatic N) is 2. The maximum Gasteiger partial charge on any atom is 0.249 e. The molecular formula is C19H26ClN3O2. The lowest BCUT2D eigenvalue weighted by Crippen LogP contribution is -2.34. The van der Waals surface area contributed by atoms with Crippen LogP contribution in [0.5, 0.6) is 0 Å². The summed E-state index contributed by atoms with van der Waals surface area (Å²) in [5.74, 6) is 1.05. The van der Waals surface area contributed by atoms with Crippen LogP contribution in [0.4, 0.5) is 0 Å². The summed E-state index contributed by atoms with van der Waals surface area (Å²) >= 11 is 6.02. The summed E-state index contributed by atoms with van der Waals surface area (Å²) < 4.78 is 5.46. The summed E-state index contributed by atoms with van der Waals surface area (Å²) in [4.78, 5) is 16.9. The van der Waals surface area contributed by atoms with Crippen LogP contribution >= 0.6 is 11.6 Å². The zero-order chi connectivity index (χ0) is 18.6. The van der Waals surface area contributed by atoms with Crippen LogP contribution in [0.25, 0.3) is 11.4 Å². The van der Waals surface area contributed by atoms with E-state index in [1.54, 1.807) is 12.1 Å². The summed E-state index contributed by atoms with van der Waals surface area (Å²) in [5, 5.41) is 7.72. The first kappa shape index (κ1) is 19.4. The Bertz CT molecular complexity index is 721. The van der Waals surface area contributed by atoms with E-state index in [2.05, 4.69) is 29.3 Å². The standard InChI is InChI=1S/C19H26ClN3O2/c1-6-12(2)16(21-15(24)11-19(3,4)5)18-22-17(23-25-18)13-8-7-9-14(20)10-13/h7-10,12,16H,6,11H2,1-5H3,(H,21,24)/t12-,16+/m1/s1. The van der Waals surface area contributed by atoms with Crippen molar-refractivity contribution in [3.63, 3.8) is 0 Å². The minimum absolute atomic E-state index is 0.0136. The number of rotatable bonds is 6. The topological polar surface area (TPSA) is 68.0 Å². The summed E-state index contributed by atoms with van der Waals surface area (Å²) in [6.45, 7) is 10.2. The van der Waals surface area contributed by atoms with Gasteiger partial charge in [0, 0.05) is 17.0 Å². The summed E-state index contributed by atoms with van der Waals surface area (Å²) in [6, 6.07) is 6.98. The highest BCUT2D eigenvalue weighted by molar-refractivity contribution is 6.30. The molecule has 2 atom stereocenters.